The summed E-state index contributed by atoms with van der Waals surface area (Å²) in [6.45, 7) is 13.8. The van der Waals surface area contributed by atoms with Crippen molar-refractivity contribution < 1.29 is 5.11 Å². The minimum atomic E-state index is -0.443. The predicted molar refractivity (Wildman–Crippen MR) is 190 cm³/mol. The van der Waals surface area contributed by atoms with Crippen LogP contribution in [-0.4, -0.2) is 5.11 Å². The first-order valence-corrected chi connectivity index (χ1v) is 16.8. The summed E-state index contributed by atoms with van der Waals surface area (Å²) in [5.41, 5.74) is 11.6. The van der Waals surface area contributed by atoms with Crippen LogP contribution in [0.25, 0.3) is 33.5 Å². The molecule has 4 aromatic carbocycles. The maximum absolute atomic E-state index is 10.2. The summed E-state index contributed by atoms with van der Waals surface area (Å²) in [4.78, 5) is 1.29. The molecular weight excluding hydrogens is 553 g/mol. The Morgan fingerprint density at radius 3 is 2.05 bits per heavy atom. The molecule has 0 saturated carbocycles. The molecule has 0 aliphatic heterocycles. The van der Waals surface area contributed by atoms with Crippen molar-refractivity contribution in [1.82, 2.24) is 0 Å². The molecule has 5 aromatic rings. The maximum Gasteiger partial charge on any atom is 0.115 e. The fraction of sp³-hybridized carbons (Fsp3) is 0.238. The van der Waals surface area contributed by atoms with Gasteiger partial charge in [-0.05, 0) is 102 Å². The van der Waals surface area contributed by atoms with E-state index in [9.17, 15) is 5.11 Å². The molecule has 0 saturated heterocycles. The summed E-state index contributed by atoms with van der Waals surface area (Å²) in [5.74, 6) is 0.290. The lowest BCUT2D eigenvalue weighted by molar-refractivity contribution is 0.199. The van der Waals surface area contributed by atoms with Crippen LogP contribution in [0.15, 0.2) is 114 Å². The van der Waals surface area contributed by atoms with E-state index in [1.165, 1.54) is 65.7 Å². The van der Waals surface area contributed by atoms with Crippen molar-refractivity contribution in [1.29, 1.82) is 0 Å². The van der Waals surface area contributed by atoms with Crippen LogP contribution in [0.1, 0.15) is 74.2 Å². The van der Waals surface area contributed by atoms with Crippen LogP contribution >= 0.6 is 11.3 Å². The Morgan fingerprint density at radius 1 is 0.705 bits per heavy atom. The normalized spacial score (nSPS) is 20.2. The number of aromatic hydroxyl groups is 1. The highest BCUT2D eigenvalue weighted by molar-refractivity contribution is 7.10. The summed E-state index contributed by atoms with van der Waals surface area (Å²) >= 11 is 1.80. The molecule has 0 spiro atoms. The average molecular weight is 593 g/mol. The van der Waals surface area contributed by atoms with Gasteiger partial charge in [-0.3, -0.25) is 0 Å². The van der Waals surface area contributed by atoms with Crippen LogP contribution in [0, 0.1) is 5.41 Å². The molecule has 0 radical (unpaired) electrons. The fourth-order valence-corrected chi connectivity index (χ4v) is 8.69. The first kappa shape index (κ1) is 28.6. The lowest BCUT2D eigenvalue weighted by Crippen LogP contribution is -2.38. The van der Waals surface area contributed by atoms with Crippen LogP contribution in [0.5, 0.6) is 5.75 Å². The lowest BCUT2D eigenvalue weighted by atomic mass is 9.60. The van der Waals surface area contributed by atoms with E-state index >= 15 is 0 Å². The third-order valence-electron chi connectivity index (χ3n) is 10.6. The Labute approximate surface area is 265 Å². The summed E-state index contributed by atoms with van der Waals surface area (Å²) < 4.78 is 0. The molecule has 1 aromatic heterocycles. The zero-order chi connectivity index (χ0) is 30.9. The fourth-order valence-electron chi connectivity index (χ4n) is 7.74. The van der Waals surface area contributed by atoms with Crippen molar-refractivity contribution in [2.45, 2.75) is 58.8 Å². The molecule has 1 nitrogen and oxygen atoms in total. The molecule has 220 valence electrons. The van der Waals surface area contributed by atoms with Gasteiger partial charge in [0, 0.05) is 4.88 Å². The van der Waals surface area contributed by atoms with Crippen LogP contribution in [0.2, 0.25) is 0 Å². The number of hydrogen-bond acceptors (Lipinski definition) is 2. The maximum atomic E-state index is 10.2. The Hall–Kier alpha value is -4.14. The van der Waals surface area contributed by atoms with Gasteiger partial charge in [0.1, 0.15) is 5.75 Å². The second-order valence-electron chi connectivity index (χ2n) is 13.3. The Morgan fingerprint density at radius 2 is 1.39 bits per heavy atom. The van der Waals surface area contributed by atoms with Gasteiger partial charge in [0.25, 0.3) is 0 Å². The number of fused-ring (bicyclic) bond motifs is 9. The van der Waals surface area contributed by atoms with Gasteiger partial charge in [-0.25, -0.2) is 0 Å². The van der Waals surface area contributed by atoms with Gasteiger partial charge in [-0.2, -0.15) is 0 Å². The van der Waals surface area contributed by atoms with Crippen molar-refractivity contribution in [3.8, 4) is 16.9 Å². The zero-order valence-electron chi connectivity index (χ0n) is 26.5. The number of hydrogen-bond donors (Lipinski definition) is 1. The highest BCUT2D eigenvalue weighted by Gasteiger charge is 2.47. The van der Waals surface area contributed by atoms with Crippen LogP contribution in [0.3, 0.4) is 0 Å². The highest BCUT2D eigenvalue weighted by atomic mass is 32.1. The molecule has 1 atom stereocenters. The lowest BCUT2D eigenvalue weighted by Gasteiger charge is -2.43. The zero-order valence-corrected chi connectivity index (χ0v) is 27.3. The Bertz CT molecular complexity index is 2000. The smallest absolute Gasteiger partial charge is 0.115 e. The van der Waals surface area contributed by atoms with E-state index in [0.29, 0.717) is 5.75 Å². The third kappa shape index (κ3) is 3.83. The van der Waals surface area contributed by atoms with Gasteiger partial charge in [0.05, 0.1) is 5.41 Å². The Balaban J connectivity index is 0.00000153. The number of phenolic OH excluding ortho intramolecular Hbond substituents is 1. The van der Waals surface area contributed by atoms with Gasteiger partial charge >= 0.3 is 0 Å². The summed E-state index contributed by atoms with van der Waals surface area (Å²) in [6.07, 6.45) is 10.6. The number of rotatable bonds is 2. The van der Waals surface area contributed by atoms with Crippen LogP contribution in [0.4, 0.5) is 0 Å². The van der Waals surface area contributed by atoms with Crippen molar-refractivity contribution in [3.63, 3.8) is 0 Å². The molecule has 0 amide bonds. The largest absolute Gasteiger partial charge is 0.508 e. The summed E-state index contributed by atoms with van der Waals surface area (Å²) in [6, 6.07) is 30.4. The van der Waals surface area contributed by atoms with E-state index in [1.54, 1.807) is 11.3 Å². The van der Waals surface area contributed by atoms with Gasteiger partial charge in [-0.1, -0.05) is 133 Å². The molecule has 0 fully saturated rings. The highest BCUT2D eigenvalue weighted by Crippen LogP contribution is 2.59. The van der Waals surface area contributed by atoms with Gasteiger partial charge in [-0.15, -0.1) is 11.3 Å². The molecule has 44 heavy (non-hydrogen) atoms. The molecule has 3 aliphatic rings. The molecule has 1 heterocycles. The molecule has 1 N–H and O–H groups in total. The van der Waals surface area contributed by atoms with Crippen molar-refractivity contribution in [2.75, 3.05) is 0 Å². The molecule has 1 unspecified atom stereocenters. The minimum Gasteiger partial charge on any atom is -0.508 e. The molecule has 2 heteroatoms. The average Bonchev–Trinajstić information content (AvgIpc) is 3.51. The third-order valence-corrected chi connectivity index (χ3v) is 11.6. The number of benzene rings is 4. The number of thiophene rings is 1. The second-order valence-corrected chi connectivity index (χ2v) is 14.2. The quantitative estimate of drug-likeness (QED) is 0.216. The van der Waals surface area contributed by atoms with E-state index in [2.05, 4.69) is 130 Å². The van der Waals surface area contributed by atoms with E-state index in [0.717, 1.165) is 6.42 Å². The topological polar surface area (TPSA) is 20.2 Å². The number of allylic oxidation sites excluding steroid dienone is 5. The standard InChI is InChI=1S/C40H34OS.C2H6/c1-38(2)24-25-10-5-6-11-28(25)36-30-13-8-7-12-29(30)35-31-19-20-33(31)40(34-14-9-23-42-34,26-15-17-27(41)18-16-26)22-21-32(35)37(36)39(38,3)4;1-2/h5-23,41H,24H2,1-4H3;1-2H3. The van der Waals surface area contributed by atoms with Crippen LogP contribution < -0.4 is 0 Å². The second kappa shape index (κ2) is 10.2. The predicted octanol–water partition coefficient (Wildman–Crippen LogP) is 11.5. The molecular formula is C42H40OS. The first-order chi connectivity index (χ1) is 21.2. The summed E-state index contributed by atoms with van der Waals surface area (Å²) in [7, 11) is 0. The van der Waals surface area contributed by atoms with E-state index in [-0.39, 0.29) is 10.8 Å². The molecule has 8 rings (SSSR count). The first-order valence-electron chi connectivity index (χ1n) is 15.9. The van der Waals surface area contributed by atoms with Gasteiger partial charge in [0.15, 0.2) is 0 Å². The van der Waals surface area contributed by atoms with Gasteiger partial charge in [0.2, 0.25) is 0 Å². The minimum absolute atomic E-state index is 0.0270. The molecule has 0 bridgehead atoms. The van der Waals surface area contributed by atoms with E-state index in [1.807, 2.05) is 26.0 Å². The van der Waals surface area contributed by atoms with Crippen molar-refractivity contribution >= 4 is 33.8 Å². The van der Waals surface area contributed by atoms with E-state index < -0.39 is 5.41 Å². The monoisotopic (exact) mass is 592 g/mol. The molecule has 3 aliphatic carbocycles. The van der Waals surface area contributed by atoms with Gasteiger partial charge < -0.3 is 5.11 Å². The Kier molecular flexibility index (Phi) is 6.64. The van der Waals surface area contributed by atoms with Crippen molar-refractivity contribution in [3.05, 3.63) is 147 Å². The SMILES string of the molecule is CC.CC1(C)Cc2ccccc2-c2c(c3c(c4ccccc24)C2=C(C=C2)C(c2ccc(O)cc2)(c2cccs2)C=C3)C1(C)C. The van der Waals surface area contributed by atoms with Crippen molar-refractivity contribution in [2.24, 2.45) is 5.41 Å². The summed E-state index contributed by atoms with van der Waals surface area (Å²) in [5, 5.41) is 15.0. The number of phenols is 1. The van der Waals surface area contributed by atoms with Crippen LogP contribution in [-0.2, 0) is 17.3 Å². The van der Waals surface area contributed by atoms with E-state index in [4.69, 9.17) is 0 Å².